The maximum absolute atomic E-state index is 6.21. The fraction of sp³-hybridized carbons (Fsp3) is 0.435. The Morgan fingerprint density at radius 3 is 2.36 bits per heavy atom. The van der Waals surface area contributed by atoms with E-state index in [4.69, 9.17) is 20.2 Å². The molecule has 0 atom stereocenters. The molecule has 1 fully saturated rings. The lowest BCUT2D eigenvalue weighted by Crippen LogP contribution is -2.38. The molecule has 0 amide bonds. The van der Waals surface area contributed by atoms with Crippen molar-refractivity contribution in [3.8, 4) is 5.75 Å². The fourth-order valence-corrected chi connectivity index (χ4v) is 3.84. The van der Waals surface area contributed by atoms with Crippen molar-refractivity contribution in [2.75, 3.05) is 31.7 Å². The number of aliphatic imine (C=N–C) groups is 1. The second kappa shape index (κ2) is 9.11. The quantitative estimate of drug-likeness (QED) is 0.582. The van der Waals surface area contributed by atoms with Crippen LogP contribution >= 0.6 is 0 Å². The Kier molecular flexibility index (Phi) is 6.57. The average molecular weight is 382 g/mol. The third-order valence-corrected chi connectivity index (χ3v) is 5.27. The lowest BCUT2D eigenvalue weighted by molar-refractivity contribution is 0.0531. The molecule has 0 unspecified atom stereocenters. The molecule has 0 saturated carbocycles. The first-order chi connectivity index (χ1) is 13.5. The Morgan fingerprint density at radius 1 is 1.11 bits per heavy atom. The van der Waals surface area contributed by atoms with Gasteiger partial charge in [0.1, 0.15) is 5.75 Å². The van der Waals surface area contributed by atoms with Crippen molar-refractivity contribution in [1.82, 2.24) is 0 Å². The number of anilines is 1. The van der Waals surface area contributed by atoms with Crippen molar-refractivity contribution in [3.63, 3.8) is 0 Å². The summed E-state index contributed by atoms with van der Waals surface area (Å²) in [4.78, 5) is 4.71. The molecule has 1 heterocycles. The van der Waals surface area contributed by atoms with Crippen molar-refractivity contribution in [3.05, 3.63) is 59.2 Å². The van der Waals surface area contributed by atoms with E-state index < -0.39 is 0 Å². The van der Waals surface area contributed by atoms with Crippen LogP contribution in [0.2, 0.25) is 0 Å². The summed E-state index contributed by atoms with van der Waals surface area (Å²) in [7, 11) is 0. The summed E-state index contributed by atoms with van der Waals surface area (Å²) in [5, 5.41) is 3.23. The van der Waals surface area contributed by atoms with Gasteiger partial charge in [0.2, 0.25) is 0 Å². The Hall–Kier alpha value is -2.53. The highest BCUT2D eigenvalue weighted by Gasteiger charge is 2.34. The number of nitrogens with two attached hydrogens (primary N) is 1. The van der Waals surface area contributed by atoms with Crippen LogP contribution in [0.3, 0.4) is 0 Å². The number of aryl methyl sites for hydroxylation is 2. The van der Waals surface area contributed by atoms with Gasteiger partial charge in [-0.1, -0.05) is 18.2 Å². The molecule has 5 nitrogen and oxygen atoms in total. The van der Waals surface area contributed by atoms with Crippen LogP contribution in [0.1, 0.15) is 36.5 Å². The van der Waals surface area contributed by atoms with Crippen molar-refractivity contribution in [2.24, 2.45) is 10.7 Å². The number of guanidine groups is 1. The number of nitrogens with one attached hydrogen (secondary N) is 1. The number of benzene rings is 2. The molecule has 3 N–H and O–H groups in total. The molecule has 0 radical (unpaired) electrons. The average Bonchev–Trinajstić information content (AvgIpc) is 2.67. The highest BCUT2D eigenvalue weighted by atomic mass is 16.5. The fourth-order valence-electron chi connectivity index (χ4n) is 3.84. The Bertz CT molecular complexity index is 789. The second-order valence-corrected chi connectivity index (χ2v) is 7.55. The van der Waals surface area contributed by atoms with Gasteiger partial charge < -0.3 is 20.5 Å². The smallest absolute Gasteiger partial charge is 0.193 e. The largest absolute Gasteiger partial charge is 0.494 e. The summed E-state index contributed by atoms with van der Waals surface area (Å²) >= 11 is 0. The minimum atomic E-state index is -0.0577. The lowest BCUT2D eigenvalue weighted by atomic mass is 9.74. The number of hydrogen-bond donors (Lipinski definition) is 2. The number of hydrogen-bond acceptors (Lipinski definition) is 3. The zero-order chi connectivity index (χ0) is 20.0. The van der Waals surface area contributed by atoms with Gasteiger partial charge in [0.25, 0.3) is 0 Å². The van der Waals surface area contributed by atoms with Gasteiger partial charge in [-0.25, -0.2) is 0 Å². The van der Waals surface area contributed by atoms with Crippen LogP contribution < -0.4 is 15.8 Å². The molecular formula is C23H31N3O2. The van der Waals surface area contributed by atoms with Gasteiger partial charge in [0, 0.05) is 24.3 Å². The van der Waals surface area contributed by atoms with Gasteiger partial charge in [-0.3, -0.25) is 4.99 Å². The molecule has 1 saturated heterocycles. The van der Waals surface area contributed by atoms with E-state index in [1.54, 1.807) is 0 Å². The van der Waals surface area contributed by atoms with Crippen LogP contribution in [0.5, 0.6) is 5.75 Å². The summed E-state index contributed by atoms with van der Waals surface area (Å²) in [6, 6.07) is 14.7. The predicted octanol–water partition coefficient (Wildman–Crippen LogP) is 4.18. The van der Waals surface area contributed by atoms with E-state index in [1.165, 1.54) is 16.7 Å². The summed E-state index contributed by atoms with van der Waals surface area (Å²) in [5.74, 6) is 1.34. The van der Waals surface area contributed by atoms with E-state index in [1.807, 2.05) is 19.1 Å². The van der Waals surface area contributed by atoms with Crippen LogP contribution in [0.4, 0.5) is 5.69 Å². The highest BCUT2D eigenvalue weighted by molar-refractivity contribution is 5.92. The Morgan fingerprint density at radius 2 is 1.75 bits per heavy atom. The SMILES string of the molecule is CCOc1ccc(C2(CN=C(N)Nc3cc(C)cc(C)c3)CCOCC2)cc1. The molecule has 2 aromatic rings. The Labute approximate surface area is 168 Å². The van der Waals surface area contributed by atoms with Crippen LogP contribution in [0.15, 0.2) is 47.5 Å². The van der Waals surface area contributed by atoms with Crippen LogP contribution in [-0.2, 0) is 10.2 Å². The second-order valence-electron chi connectivity index (χ2n) is 7.55. The van der Waals surface area contributed by atoms with Crippen LogP contribution in [-0.4, -0.2) is 32.3 Å². The maximum Gasteiger partial charge on any atom is 0.193 e. The molecule has 28 heavy (non-hydrogen) atoms. The standard InChI is InChI=1S/C23H31N3O2/c1-4-28-21-7-5-19(6-8-21)23(9-11-27-12-10-23)16-25-22(24)26-20-14-17(2)13-18(3)15-20/h5-8,13-15H,4,9-12,16H2,1-3H3,(H3,24,25,26). The van der Waals surface area contributed by atoms with Gasteiger partial charge >= 0.3 is 0 Å². The minimum Gasteiger partial charge on any atom is -0.494 e. The van der Waals surface area contributed by atoms with Crippen molar-refractivity contribution in [2.45, 2.75) is 39.0 Å². The van der Waals surface area contributed by atoms with Gasteiger partial charge in [0.15, 0.2) is 5.96 Å². The van der Waals surface area contributed by atoms with Crippen LogP contribution in [0, 0.1) is 13.8 Å². The van der Waals surface area contributed by atoms with E-state index in [-0.39, 0.29) is 5.41 Å². The highest BCUT2D eigenvalue weighted by Crippen LogP contribution is 2.36. The zero-order valence-electron chi connectivity index (χ0n) is 17.1. The first-order valence-electron chi connectivity index (χ1n) is 9.97. The molecule has 2 aromatic carbocycles. The van der Waals surface area contributed by atoms with Gasteiger partial charge in [-0.05, 0) is 74.6 Å². The molecular weight excluding hydrogens is 350 g/mol. The van der Waals surface area contributed by atoms with E-state index in [0.717, 1.165) is 37.5 Å². The summed E-state index contributed by atoms with van der Waals surface area (Å²) < 4.78 is 11.2. The molecule has 3 rings (SSSR count). The molecule has 5 heteroatoms. The predicted molar refractivity (Wildman–Crippen MR) is 115 cm³/mol. The minimum absolute atomic E-state index is 0.0577. The first kappa shape index (κ1) is 20.2. The lowest BCUT2D eigenvalue weighted by Gasteiger charge is -2.36. The molecule has 0 spiro atoms. The van der Waals surface area contributed by atoms with E-state index in [9.17, 15) is 0 Å². The van der Waals surface area contributed by atoms with E-state index in [2.05, 4.69) is 49.5 Å². The third-order valence-electron chi connectivity index (χ3n) is 5.27. The number of ether oxygens (including phenoxy) is 2. The van der Waals surface area contributed by atoms with Gasteiger partial charge in [-0.2, -0.15) is 0 Å². The summed E-state index contributed by atoms with van der Waals surface area (Å²) in [5.41, 5.74) is 10.8. The first-order valence-corrected chi connectivity index (χ1v) is 9.97. The van der Waals surface area contributed by atoms with Gasteiger partial charge in [0.05, 0.1) is 13.2 Å². The summed E-state index contributed by atoms with van der Waals surface area (Å²) in [6.45, 7) is 8.94. The number of nitrogens with zero attached hydrogens (tertiary/aromatic N) is 1. The molecule has 0 aromatic heterocycles. The van der Waals surface area contributed by atoms with Crippen molar-refractivity contribution in [1.29, 1.82) is 0 Å². The molecule has 0 bridgehead atoms. The summed E-state index contributed by atoms with van der Waals surface area (Å²) in [6.07, 6.45) is 1.86. The van der Waals surface area contributed by atoms with E-state index in [0.29, 0.717) is 19.1 Å². The van der Waals surface area contributed by atoms with Gasteiger partial charge in [-0.15, -0.1) is 0 Å². The van der Waals surface area contributed by atoms with Crippen molar-refractivity contribution < 1.29 is 9.47 Å². The molecule has 0 aliphatic carbocycles. The molecule has 1 aliphatic rings. The number of rotatable bonds is 6. The normalized spacial score (nSPS) is 16.6. The third kappa shape index (κ3) is 5.04. The zero-order valence-corrected chi connectivity index (χ0v) is 17.1. The maximum atomic E-state index is 6.21. The Balaban J connectivity index is 1.77. The van der Waals surface area contributed by atoms with Crippen molar-refractivity contribution >= 4 is 11.6 Å². The van der Waals surface area contributed by atoms with E-state index >= 15 is 0 Å². The topological polar surface area (TPSA) is 68.9 Å². The molecule has 150 valence electrons. The molecule has 1 aliphatic heterocycles. The monoisotopic (exact) mass is 381 g/mol. The van der Waals surface area contributed by atoms with Crippen LogP contribution in [0.25, 0.3) is 0 Å².